The van der Waals surface area contributed by atoms with E-state index in [9.17, 15) is 18.8 Å². The Morgan fingerprint density at radius 2 is 1.90 bits per heavy atom. The van der Waals surface area contributed by atoms with Gasteiger partial charge in [-0.2, -0.15) is 0 Å². The molecule has 30 heavy (non-hydrogen) atoms. The van der Waals surface area contributed by atoms with Crippen LogP contribution in [0, 0.1) is 5.82 Å². The van der Waals surface area contributed by atoms with Crippen molar-refractivity contribution < 1.29 is 23.5 Å². The lowest BCUT2D eigenvalue weighted by atomic mass is 10.0. The summed E-state index contributed by atoms with van der Waals surface area (Å²) >= 11 is 0. The number of anilines is 2. The highest BCUT2D eigenvalue weighted by Gasteiger charge is 2.27. The van der Waals surface area contributed by atoms with Crippen LogP contribution in [0.25, 0.3) is 0 Å². The molecule has 1 aromatic rings. The molecular weight excluding hydrogens is 391 g/mol. The molecule has 3 amide bonds. The first kappa shape index (κ1) is 21.9. The van der Waals surface area contributed by atoms with Crippen LogP contribution in [-0.4, -0.2) is 48.7 Å². The van der Waals surface area contributed by atoms with Gasteiger partial charge >= 0.3 is 6.09 Å². The van der Waals surface area contributed by atoms with Gasteiger partial charge in [-0.05, 0) is 58.2 Å². The summed E-state index contributed by atoms with van der Waals surface area (Å²) < 4.78 is 20.0. The summed E-state index contributed by atoms with van der Waals surface area (Å²) in [6, 6.07) is 4.22. The Bertz CT molecular complexity index is 816. The van der Waals surface area contributed by atoms with Crippen LogP contribution in [0.1, 0.15) is 46.5 Å². The molecule has 1 atom stereocenters. The first-order chi connectivity index (χ1) is 14.1. The average Bonchev–Trinajstić information content (AvgIpc) is 2.63. The lowest BCUT2D eigenvalue weighted by molar-refractivity contribution is -0.133. The minimum Gasteiger partial charge on any atom is -0.444 e. The third-order valence-corrected chi connectivity index (χ3v) is 5.08. The summed E-state index contributed by atoms with van der Waals surface area (Å²) in [5, 5.41) is 8.13. The Hall–Kier alpha value is -2.84. The van der Waals surface area contributed by atoms with Crippen molar-refractivity contribution in [2.45, 2.75) is 64.1 Å². The second kappa shape index (κ2) is 8.89. The maximum Gasteiger partial charge on any atom is 0.407 e. The van der Waals surface area contributed by atoms with E-state index in [0.29, 0.717) is 43.7 Å². The highest BCUT2D eigenvalue weighted by molar-refractivity contribution is 6.01. The summed E-state index contributed by atoms with van der Waals surface area (Å²) in [5.74, 6) is -1.06. The number of halogens is 1. The van der Waals surface area contributed by atoms with Gasteiger partial charge in [0.25, 0.3) is 0 Å². The van der Waals surface area contributed by atoms with Crippen molar-refractivity contribution in [3.8, 4) is 0 Å². The van der Waals surface area contributed by atoms with Crippen molar-refractivity contribution in [3.05, 3.63) is 24.0 Å². The third-order valence-electron chi connectivity index (χ3n) is 5.08. The highest BCUT2D eigenvalue weighted by Crippen LogP contribution is 2.27. The zero-order chi connectivity index (χ0) is 21.9. The summed E-state index contributed by atoms with van der Waals surface area (Å²) in [4.78, 5) is 36.9. The van der Waals surface area contributed by atoms with Crippen molar-refractivity contribution in [2.75, 3.05) is 23.3 Å². The first-order valence-electron chi connectivity index (χ1n) is 10.2. The van der Waals surface area contributed by atoms with Crippen molar-refractivity contribution in [1.29, 1.82) is 0 Å². The number of hydrogen-bond donors (Lipinski definition) is 3. The fourth-order valence-corrected chi connectivity index (χ4v) is 3.62. The maximum atomic E-state index is 14.7. The van der Waals surface area contributed by atoms with Crippen LogP contribution < -0.4 is 20.9 Å². The molecule has 164 valence electrons. The fourth-order valence-electron chi connectivity index (χ4n) is 3.62. The molecule has 1 unspecified atom stereocenters. The smallest absolute Gasteiger partial charge is 0.407 e. The van der Waals surface area contributed by atoms with Gasteiger partial charge in [0.1, 0.15) is 17.5 Å². The monoisotopic (exact) mass is 420 g/mol. The molecule has 2 aliphatic heterocycles. The molecule has 0 saturated carbocycles. The molecular formula is C21H29FN4O4. The number of ether oxygens (including phenoxy) is 1. The van der Waals surface area contributed by atoms with Crippen LogP contribution >= 0.6 is 0 Å². The van der Waals surface area contributed by atoms with E-state index in [1.807, 2.05) is 25.7 Å². The van der Waals surface area contributed by atoms with Crippen LogP contribution in [0.5, 0.6) is 0 Å². The number of piperidine rings is 2. The molecule has 2 aliphatic rings. The van der Waals surface area contributed by atoms with Crippen LogP contribution in [0.3, 0.4) is 0 Å². The van der Waals surface area contributed by atoms with E-state index in [4.69, 9.17) is 4.74 Å². The zero-order valence-electron chi connectivity index (χ0n) is 17.6. The Morgan fingerprint density at radius 3 is 2.50 bits per heavy atom. The van der Waals surface area contributed by atoms with E-state index < -0.39 is 23.6 Å². The van der Waals surface area contributed by atoms with E-state index in [1.54, 1.807) is 12.1 Å². The molecule has 2 fully saturated rings. The molecule has 0 radical (unpaired) electrons. The predicted octanol–water partition coefficient (Wildman–Crippen LogP) is 2.54. The van der Waals surface area contributed by atoms with E-state index in [1.165, 1.54) is 6.07 Å². The van der Waals surface area contributed by atoms with Gasteiger partial charge in [0, 0.05) is 31.2 Å². The Balaban J connectivity index is 1.53. The lowest BCUT2D eigenvalue weighted by Gasteiger charge is -2.34. The average molecular weight is 420 g/mol. The van der Waals surface area contributed by atoms with Gasteiger partial charge in [-0.15, -0.1) is 0 Å². The number of hydrogen-bond acceptors (Lipinski definition) is 6. The molecule has 3 N–H and O–H groups in total. The lowest BCUT2D eigenvalue weighted by Crippen LogP contribution is -2.47. The Kier molecular flexibility index (Phi) is 6.48. The first-order valence-corrected chi connectivity index (χ1v) is 10.2. The van der Waals surface area contributed by atoms with E-state index in [2.05, 4.69) is 16.0 Å². The number of carbonyl (C=O) groups excluding carboxylic acids is 3. The largest absolute Gasteiger partial charge is 0.444 e. The topological polar surface area (TPSA) is 99.8 Å². The summed E-state index contributed by atoms with van der Waals surface area (Å²) in [7, 11) is 0. The van der Waals surface area contributed by atoms with Gasteiger partial charge in [0.2, 0.25) is 11.8 Å². The van der Waals surface area contributed by atoms with Crippen molar-refractivity contribution in [3.63, 3.8) is 0 Å². The van der Waals surface area contributed by atoms with Crippen LogP contribution in [0.15, 0.2) is 18.2 Å². The fraction of sp³-hybridized carbons (Fsp3) is 0.571. The molecule has 2 saturated heterocycles. The van der Waals surface area contributed by atoms with Gasteiger partial charge in [-0.3, -0.25) is 14.9 Å². The molecule has 2 heterocycles. The van der Waals surface area contributed by atoms with Crippen LogP contribution in [0.2, 0.25) is 0 Å². The number of amides is 3. The van der Waals surface area contributed by atoms with Crippen molar-refractivity contribution in [1.82, 2.24) is 10.6 Å². The van der Waals surface area contributed by atoms with Crippen molar-refractivity contribution >= 4 is 29.3 Å². The number of rotatable bonds is 4. The van der Waals surface area contributed by atoms with Crippen LogP contribution in [0.4, 0.5) is 20.6 Å². The van der Waals surface area contributed by atoms with Gasteiger partial charge in [0.05, 0.1) is 5.69 Å². The highest BCUT2D eigenvalue weighted by atomic mass is 19.1. The number of alkyl carbamates (subject to hydrolysis) is 1. The van der Waals surface area contributed by atoms with Gasteiger partial charge in [-0.25, -0.2) is 9.18 Å². The summed E-state index contributed by atoms with van der Waals surface area (Å²) in [6.45, 7) is 6.67. The molecule has 1 aromatic carbocycles. The molecule has 0 aliphatic carbocycles. The molecule has 0 spiro atoms. The zero-order valence-corrected chi connectivity index (χ0v) is 17.6. The number of nitrogens with one attached hydrogen (secondary N) is 3. The van der Waals surface area contributed by atoms with Crippen LogP contribution in [-0.2, 0) is 14.3 Å². The number of imide groups is 1. The number of carbonyl (C=O) groups is 3. The molecule has 0 bridgehead atoms. The van der Waals surface area contributed by atoms with E-state index in [0.717, 1.165) is 0 Å². The van der Waals surface area contributed by atoms with Crippen molar-refractivity contribution in [2.24, 2.45) is 0 Å². The number of benzene rings is 1. The van der Waals surface area contributed by atoms with Gasteiger partial charge < -0.3 is 20.3 Å². The molecule has 8 nitrogen and oxygen atoms in total. The number of nitrogens with zero attached hydrogens (tertiary/aromatic N) is 1. The normalized spacial score (nSPS) is 20.5. The SMILES string of the molecule is CC(C)(C)OC(=O)NC1CCN(c2ccc(NC3CCC(=O)NC3=O)cc2F)CC1. The summed E-state index contributed by atoms with van der Waals surface area (Å²) in [5.41, 5.74) is 0.434. The maximum absolute atomic E-state index is 14.7. The molecule has 0 aromatic heterocycles. The quantitative estimate of drug-likeness (QED) is 0.648. The van der Waals surface area contributed by atoms with E-state index >= 15 is 0 Å². The Labute approximate surface area is 175 Å². The van der Waals surface area contributed by atoms with E-state index in [-0.39, 0.29) is 24.2 Å². The second-order valence-corrected chi connectivity index (χ2v) is 8.72. The van der Waals surface area contributed by atoms with Gasteiger partial charge in [0.15, 0.2) is 0 Å². The van der Waals surface area contributed by atoms with Gasteiger partial charge in [-0.1, -0.05) is 0 Å². The minimum absolute atomic E-state index is 0.00683. The third kappa shape index (κ3) is 5.84. The molecule has 3 rings (SSSR count). The predicted molar refractivity (Wildman–Crippen MR) is 111 cm³/mol. The molecule has 9 heteroatoms. The second-order valence-electron chi connectivity index (χ2n) is 8.72. The Morgan fingerprint density at radius 1 is 1.20 bits per heavy atom. The minimum atomic E-state index is -0.553. The summed E-state index contributed by atoms with van der Waals surface area (Å²) in [6.07, 6.45) is 1.59. The standard InChI is InChI=1S/C21H29FN4O4/c1-21(2,3)30-20(29)24-13-8-10-26(11-9-13)17-6-4-14(12-15(17)22)23-16-5-7-18(27)25-19(16)28/h4,6,12-13,16,23H,5,7-11H2,1-3H3,(H,24,29)(H,25,27,28).